The largest absolute Gasteiger partial charge is 0.469 e. The minimum absolute atomic E-state index is 0.0701. The van der Waals surface area contributed by atoms with E-state index in [1.54, 1.807) is 12.1 Å². The number of nitrogens with zero attached hydrogens (tertiary/aromatic N) is 3. The van der Waals surface area contributed by atoms with Crippen LogP contribution in [-0.4, -0.2) is 25.5 Å². The zero-order valence-electron chi connectivity index (χ0n) is 26.9. The summed E-state index contributed by atoms with van der Waals surface area (Å²) in [5.41, 5.74) is 0.919. The molecule has 7 nitrogen and oxygen atoms in total. The first-order chi connectivity index (χ1) is 24.0. The van der Waals surface area contributed by atoms with Crippen molar-refractivity contribution in [2.45, 2.75) is 55.3 Å². The summed E-state index contributed by atoms with van der Waals surface area (Å²) < 4.78 is 77.7. The molecule has 3 fully saturated rings. The summed E-state index contributed by atoms with van der Waals surface area (Å²) in [7, 11) is -3.15. The van der Waals surface area contributed by atoms with Crippen LogP contribution in [0.1, 0.15) is 61.6 Å². The molecule has 0 spiro atoms. The molecular formula is C39H30F3N3O4S. The zero-order valence-corrected chi connectivity index (χ0v) is 27.7. The number of ether oxygens (including phenoxy) is 1. The number of alkyl halides is 2. The van der Waals surface area contributed by atoms with Gasteiger partial charge in [-0.1, -0.05) is 42.5 Å². The number of benzene rings is 4. The Bertz CT molecular complexity index is 2330. The van der Waals surface area contributed by atoms with E-state index >= 15 is 4.39 Å². The van der Waals surface area contributed by atoms with Gasteiger partial charge in [-0.2, -0.15) is 5.26 Å². The molecule has 50 heavy (non-hydrogen) atoms. The number of carbonyl (C=O) groups is 1. The molecule has 3 aliphatic rings. The van der Waals surface area contributed by atoms with E-state index in [9.17, 15) is 27.3 Å². The molecule has 8 rings (SSSR count). The van der Waals surface area contributed by atoms with Crippen LogP contribution in [0.5, 0.6) is 0 Å². The van der Waals surface area contributed by atoms with Gasteiger partial charge in [-0.05, 0) is 92.0 Å². The van der Waals surface area contributed by atoms with Crippen LogP contribution in [0.3, 0.4) is 0 Å². The predicted octanol–water partition coefficient (Wildman–Crippen LogP) is 9.48. The van der Waals surface area contributed by atoms with E-state index < -0.39 is 27.7 Å². The first-order valence-electron chi connectivity index (χ1n) is 16.1. The van der Waals surface area contributed by atoms with E-state index in [1.165, 1.54) is 31.4 Å². The van der Waals surface area contributed by atoms with E-state index in [0.717, 1.165) is 59.1 Å². The summed E-state index contributed by atoms with van der Waals surface area (Å²) in [6.45, 7) is 7.96. The van der Waals surface area contributed by atoms with Crippen molar-refractivity contribution in [3.05, 3.63) is 119 Å². The lowest BCUT2D eigenvalue weighted by Gasteiger charge is -2.52. The van der Waals surface area contributed by atoms with Crippen LogP contribution in [0, 0.1) is 29.1 Å². The molecule has 3 aliphatic carbocycles. The van der Waals surface area contributed by atoms with Gasteiger partial charge in [0.15, 0.2) is 5.69 Å². The van der Waals surface area contributed by atoms with Gasteiger partial charge >= 0.3 is 5.97 Å². The van der Waals surface area contributed by atoms with Crippen LogP contribution in [-0.2, 0) is 25.0 Å². The average molecular weight is 694 g/mol. The van der Waals surface area contributed by atoms with Crippen LogP contribution in [0.4, 0.5) is 18.9 Å². The molecule has 0 N–H and O–H groups in total. The van der Waals surface area contributed by atoms with Gasteiger partial charge < -0.3 is 4.74 Å². The molecule has 0 aliphatic heterocycles. The van der Waals surface area contributed by atoms with Crippen molar-refractivity contribution in [2.24, 2.45) is 5.41 Å². The second kappa shape index (κ2) is 12.2. The number of hydrogen-bond donors (Lipinski definition) is 0. The highest BCUT2D eigenvalue weighted by molar-refractivity contribution is 7.90. The van der Waals surface area contributed by atoms with Gasteiger partial charge in [-0.25, -0.2) is 30.4 Å². The molecule has 0 unspecified atom stereocenters. The quantitative estimate of drug-likeness (QED) is 0.125. The van der Waals surface area contributed by atoms with Crippen molar-refractivity contribution in [1.29, 1.82) is 5.26 Å². The lowest BCUT2D eigenvalue weighted by atomic mass is 9.52. The SMILES string of the molecule is [C-]#[N+]c1cccc(C#N)c1-c1c(-c2cccc(C34CCC(C(=O)OC)(CC3)CC4)c2)n(S(=O)(=O)c2ccc(C(F)F)cc2)c2ccc(F)cc12. The number of fused-ring (bicyclic) bond motifs is 4. The van der Waals surface area contributed by atoms with Crippen LogP contribution in [0.15, 0.2) is 89.8 Å². The molecule has 2 bridgehead atoms. The number of halogens is 3. The van der Waals surface area contributed by atoms with Gasteiger partial charge in [0.25, 0.3) is 16.4 Å². The zero-order chi connectivity index (χ0) is 35.4. The molecule has 4 aromatic carbocycles. The molecule has 252 valence electrons. The van der Waals surface area contributed by atoms with E-state index in [2.05, 4.69) is 10.9 Å². The van der Waals surface area contributed by atoms with E-state index in [0.29, 0.717) is 24.8 Å². The monoisotopic (exact) mass is 693 g/mol. The highest BCUT2D eigenvalue weighted by Gasteiger charge is 2.53. The lowest BCUT2D eigenvalue weighted by Crippen LogP contribution is -2.48. The van der Waals surface area contributed by atoms with Crippen LogP contribution < -0.4 is 0 Å². The first-order valence-corrected chi connectivity index (χ1v) is 17.5. The summed E-state index contributed by atoms with van der Waals surface area (Å²) in [6, 6.07) is 22.1. The summed E-state index contributed by atoms with van der Waals surface area (Å²) >= 11 is 0. The summed E-state index contributed by atoms with van der Waals surface area (Å²) in [5, 5.41) is 10.4. The van der Waals surface area contributed by atoms with Crippen molar-refractivity contribution in [3.8, 4) is 28.5 Å². The fourth-order valence-corrected chi connectivity index (χ4v) is 9.56. The van der Waals surface area contributed by atoms with Crippen LogP contribution in [0.25, 0.3) is 38.1 Å². The predicted molar refractivity (Wildman–Crippen MR) is 182 cm³/mol. The summed E-state index contributed by atoms with van der Waals surface area (Å²) in [5.74, 6) is -0.856. The van der Waals surface area contributed by atoms with Crippen molar-refractivity contribution in [2.75, 3.05) is 7.11 Å². The second-order valence-corrected chi connectivity index (χ2v) is 14.9. The number of rotatable bonds is 7. The smallest absolute Gasteiger partial charge is 0.311 e. The van der Waals surface area contributed by atoms with Crippen molar-refractivity contribution in [3.63, 3.8) is 0 Å². The Morgan fingerprint density at radius 1 is 0.940 bits per heavy atom. The Hall–Kier alpha value is -5.39. The summed E-state index contributed by atoms with van der Waals surface area (Å²) in [4.78, 5) is 16.1. The van der Waals surface area contributed by atoms with E-state index in [1.807, 2.05) is 18.2 Å². The lowest BCUT2D eigenvalue weighted by molar-refractivity contribution is -0.160. The molecule has 0 atom stereocenters. The maximum atomic E-state index is 15.1. The molecule has 0 saturated heterocycles. The van der Waals surface area contributed by atoms with Crippen molar-refractivity contribution >= 4 is 32.6 Å². The Balaban J connectivity index is 1.53. The van der Waals surface area contributed by atoms with Gasteiger partial charge in [0.1, 0.15) is 5.82 Å². The van der Waals surface area contributed by atoms with Crippen molar-refractivity contribution < 1.29 is 31.1 Å². The molecule has 1 heterocycles. The standard InChI is InChI=1S/C39H30F3N3O4S/c1-44-31-8-4-6-26(23-43)33(31)34-30-22-28(40)11-14-32(30)45(50(47,48)29-12-9-24(10-13-29)36(41)42)35(34)25-5-3-7-27(21-25)38-15-18-39(19-16-38,20-17-38)37(46)49-2/h3-14,21-22,36H,15-20H2,2H3. The Kier molecular flexibility index (Phi) is 8.07. The Labute approximate surface area is 287 Å². The fourth-order valence-electron chi connectivity index (χ4n) is 8.02. The van der Waals surface area contributed by atoms with Gasteiger partial charge in [0, 0.05) is 33.2 Å². The fraction of sp³-hybridized carbons (Fsp3) is 0.256. The average Bonchev–Trinajstić information content (AvgIpc) is 3.49. The Morgan fingerprint density at radius 3 is 2.24 bits per heavy atom. The Morgan fingerprint density at radius 2 is 1.62 bits per heavy atom. The number of carbonyl (C=O) groups excluding carboxylic acids is 1. The van der Waals surface area contributed by atoms with Gasteiger partial charge in [0.2, 0.25) is 0 Å². The topological polar surface area (TPSA) is 93.5 Å². The molecule has 5 aromatic rings. The highest BCUT2D eigenvalue weighted by atomic mass is 32.2. The molecule has 11 heteroatoms. The number of nitriles is 1. The minimum atomic E-state index is -4.56. The third kappa shape index (κ3) is 5.07. The highest BCUT2D eigenvalue weighted by Crippen LogP contribution is 2.59. The van der Waals surface area contributed by atoms with Gasteiger partial charge in [-0.15, -0.1) is 0 Å². The maximum Gasteiger partial charge on any atom is 0.311 e. The number of aromatic nitrogens is 1. The van der Waals surface area contributed by atoms with Gasteiger partial charge in [0.05, 0.1) is 41.3 Å². The normalized spacial score (nSPS) is 20.1. The van der Waals surface area contributed by atoms with E-state index in [4.69, 9.17) is 11.3 Å². The summed E-state index contributed by atoms with van der Waals surface area (Å²) in [6.07, 6.45) is 1.32. The number of hydrogen-bond acceptors (Lipinski definition) is 5. The van der Waals surface area contributed by atoms with Crippen molar-refractivity contribution in [1.82, 2.24) is 3.97 Å². The first kappa shape index (κ1) is 33.1. The molecule has 3 saturated carbocycles. The molecule has 0 amide bonds. The van der Waals surface area contributed by atoms with Crippen LogP contribution in [0.2, 0.25) is 0 Å². The number of methoxy groups -OCH3 is 1. The molecule has 0 radical (unpaired) electrons. The molecular weight excluding hydrogens is 664 g/mol. The number of esters is 1. The third-order valence-electron chi connectivity index (χ3n) is 10.7. The van der Waals surface area contributed by atoms with Crippen LogP contribution >= 0.6 is 0 Å². The third-order valence-corrected chi connectivity index (χ3v) is 12.4. The maximum absolute atomic E-state index is 15.1. The van der Waals surface area contributed by atoms with E-state index in [-0.39, 0.29) is 60.8 Å². The molecule has 1 aromatic heterocycles. The van der Waals surface area contributed by atoms with Gasteiger partial charge in [-0.3, -0.25) is 4.79 Å². The minimum Gasteiger partial charge on any atom is -0.469 e. The second-order valence-electron chi connectivity index (χ2n) is 13.1.